The third-order valence-corrected chi connectivity index (χ3v) is 2.36. The van der Waals surface area contributed by atoms with Gasteiger partial charge >= 0.3 is 0 Å². The molecular weight excluding hydrogens is 174 g/mol. The number of rotatable bonds is 3. The quantitative estimate of drug-likeness (QED) is 0.796. The molecule has 0 spiro atoms. The third kappa shape index (κ3) is 2.23. The Hall–Kier alpha value is -1.09. The summed E-state index contributed by atoms with van der Waals surface area (Å²) in [4.78, 5) is 6.40. The van der Waals surface area contributed by atoms with Crippen molar-refractivity contribution in [3.05, 3.63) is 23.4 Å². The van der Waals surface area contributed by atoms with Crippen molar-refractivity contribution in [2.45, 2.75) is 26.3 Å². The van der Waals surface area contributed by atoms with Gasteiger partial charge in [-0.2, -0.15) is 0 Å². The van der Waals surface area contributed by atoms with Gasteiger partial charge in [0.15, 0.2) is 0 Å². The van der Waals surface area contributed by atoms with Gasteiger partial charge in [-0.1, -0.05) is 6.92 Å². The van der Waals surface area contributed by atoms with Gasteiger partial charge in [-0.15, -0.1) is 0 Å². The van der Waals surface area contributed by atoms with Crippen LogP contribution in [-0.2, 0) is 0 Å². The molecule has 0 aliphatic heterocycles. The van der Waals surface area contributed by atoms with E-state index in [1.54, 1.807) is 0 Å². The molecule has 1 rings (SSSR count). The van der Waals surface area contributed by atoms with Gasteiger partial charge in [0, 0.05) is 26.3 Å². The first-order valence-electron chi connectivity index (χ1n) is 4.95. The zero-order chi connectivity index (χ0) is 10.7. The molecule has 0 aliphatic rings. The molecular formula is C11H19N3. The van der Waals surface area contributed by atoms with Gasteiger partial charge in [0.1, 0.15) is 5.82 Å². The summed E-state index contributed by atoms with van der Waals surface area (Å²) < 4.78 is 0. The minimum absolute atomic E-state index is 0.109. The number of aromatic nitrogens is 1. The number of nitrogens with zero attached hydrogens (tertiary/aromatic N) is 2. The van der Waals surface area contributed by atoms with Gasteiger partial charge < -0.3 is 10.6 Å². The Balaban J connectivity index is 3.00. The number of aryl methyl sites for hydroxylation is 1. The van der Waals surface area contributed by atoms with Gasteiger partial charge in [0.2, 0.25) is 0 Å². The van der Waals surface area contributed by atoms with Crippen molar-refractivity contribution >= 4 is 5.82 Å². The van der Waals surface area contributed by atoms with Crippen molar-refractivity contribution in [2.24, 2.45) is 5.73 Å². The molecule has 0 unspecified atom stereocenters. The molecule has 1 aromatic rings. The van der Waals surface area contributed by atoms with Crippen molar-refractivity contribution in [3.8, 4) is 0 Å². The van der Waals surface area contributed by atoms with Crippen LogP contribution in [0.4, 0.5) is 5.82 Å². The van der Waals surface area contributed by atoms with Gasteiger partial charge in [0.25, 0.3) is 0 Å². The number of hydrogen-bond acceptors (Lipinski definition) is 3. The lowest BCUT2D eigenvalue weighted by atomic mass is 10.1. The summed E-state index contributed by atoms with van der Waals surface area (Å²) in [5, 5.41) is 0. The summed E-state index contributed by atoms with van der Waals surface area (Å²) >= 11 is 0. The maximum absolute atomic E-state index is 5.94. The largest absolute Gasteiger partial charge is 0.363 e. The molecule has 0 fully saturated rings. The fraction of sp³-hybridized carbons (Fsp3) is 0.545. The molecule has 1 heterocycles. The Bertz CT molecular complexity index is 307. The Morgan fingerprint density at radius 1 is 1.50 bits per heavy atom. The second-order valence-corrected chi connectivity index (χ2v) is 3.82. The van der Waals surface area contributed by atoms with Gasteiger partial charge in [0.05, 0.1) is 0 Å². The number of anilines is 1. The van der Waals surface area contributed by atoms with Crippen molar-refractivity contribution in [1.82, 2.24) is 4.98 Å². The van der Waals surface area contributed by atoms with E-state index in [-0.39, 0.29) is 6.04 Å². The maximum Gasteiger partial charge on any atom is 0.130 e. The summed E-state index contributed by atoms with van der Waals surface area (Å²) in [6.45, 7) is 4.15. The van der Waals surface area contributed by atoms with Crippen LogP contribution in [0.1, 0.15) is 30.5 Å². The molecule has 3 nitrogen and oxygen atoms in total. The normalized spacial score (nSPS) is 12.6. The number of nitrogens with two attached hydrogens (primary N) is 1. The average molecular weight is 193 g/mol. The van der Waals surface area contributed by atoms with E-state index in [1.807, 2.05) is 25.2 Å². The van der Waals surface area contributed by atoms with Crippen molar-refractivity contribution < 1.29 is 0 Å². The average Bonchev–Trinajstić information content (AvgIpc) is 2.15. The highest BCUT2D eigenvalue weighted by atomic mass is 15.1. The molecule has 78 valence electrons. The van der Waals surface area contributed by atoms with Crippen LogP contribution in [-0.4, -0.2) is 19.1 Å². The highest BCUT2D eigenvalue weighted by Gasteiger charge is 2.07. The van der Waals surface area contributed by atoms with Gasteiger partial charge in [-0.05, 0) is 30.5 Å². The van der Waals surface area contributed by atoms with Crippen LogP contribution < -0.4 is 10.6 Å². The second-order valence-electron chi connectivity index (χ2n) is 3.82. The van der Waals surface area contributed by atoms with E-state index in [0.29, 0.717) is 0 Å². The van der Waals surface area contributed by atoms with E-state index in [0.717, 1.165) is 17.8 Å². The molecule has 0 aliphatic carbocycles. The summed E-state index contributed by atoms with van der Waals surface area (Å²) in [5.41, 5.74) is 8.23. The van der Waals surface area contributed by atoms with Gasteiger partial charge in [-0.25, -0.2) is 4.98 Å². The first-order valence-corrected chi connectivity index (χ1v) is 4.95. The standard InChI is InChI=1S/C11H19N3/c1-5-10(12)9-6-8(2)11(13-7-9)14(3)4/h6-7,10H,5,12H2,1-4H3/t10-/m1/s1. The molecule has 2 N–H and O–H groups in total. The molecule has 0 aromatic carbocycles. The topological polar surface area (TPSA) is 42.1 Å². The monoisotopic (exact) mass is 193 g/mol. The van der Waals surface area contributed by atoms with Crippen LogP contribution in [0, 0.1) is 6.92 Å². The van der Waals surface area contributed by atoms with E-state index in [2.05, 4.69) is 24.9 Å². The van der Waals surface area contributed by atoms with Crippen LogP contribution in [0.3, 0.4) is 0 Å². The van der Waals surface area contributed by atoms with Gasteiger partial charge in [-0.3, -0.25) is 0 Å². The molecule has 14 heavy (non-hydrogen) atoms. The Morgan fingerprint density at radius 2 is 2.14 bits per heavy atom. The lowest BCUT2D eigenvalue weighted by Crippen LogP contribution is -2.14. The Morgan fingerprint density at radius 3 is 2.57 bits per heavy atom. The molecule has 1 aromatic heterocycles. The van der Waals surface area contributed by atoms with E-state index in [4.69, 9.17) is 5.73 Å². The molecule has 0 radical (unpaired) electrons. The molecule has 1 atom stereocenters. The molecule has 0 saturated carbocycles. The lowest BCUT2D eigenvalue weighted by Gasteiger charge is -2.16. The highest BCUT2D eigenvalue weighted by Crippen LogP contribution is 2.19. The Labute approximate surface area is 85.9 Å². The maximum atomic E-state index is 5.94. The SMILES string of the molecule is CC[C@@H](N)c1cnc(N(C)C)c(C)c1. The van der Waals surface area contributed by atoms with Crippen molar-refractivity contribution in [3.63, 3.8) is 0 Å². The molecule has 0 saturated heterocycles. The van der Waals surface area contributed by atoms with E-state index < -0.39 is 0 Å². The third-order valence-electron chi connectivity index (χ3n) is 2.36. The minimum Gasteiger partial charge on any atom is -0.363 e. The second kappa shape index (κ2) is 4.42. The summed E-state index contributed by atoms with van der Waals surface area (Å²) in [5.74, 6) is 1.01. The molecule has 0 amide bonds. The van der Waals surface area contributed by atoms with Crippen molar-refractivity contribution in [1.29, 1.82) is 0 Å². The van der Waals surface area contributed by atoms with Crippen LogP contribution in [0.25, 0.3) is 0 Å². The van der Waals surface area contributed by atoms with Crippen LogP contribution in [0.2, 0.25) is 0 Å². The smallest absolute Gasteiger partial charge is 0.130 e. The zero-order valence-corrected chi connectivity index (χ0v) is 9.41. The summed E-state index contributed by atoms with van der Waals surface area (Å²) in [6, 6.07) is 2.23. The molecule has 0 bridgehead atoms. The fourth-order valence-corrected chi connectivity index (χ4v) is 1.50. The Kier molecular flexibility index (Phi) is 3.47. The van der Waals surface area contributed by atoms with Crippen LogP contribution in [0.5, 0.6) is 0 Å². The number of pyridine rings is 1. The highest BCUT2D eigenvalue weighted by molar-refractivity contribution is 5.46. The fourth-order valence-electron chi connectivity index (χ4n) is 1.50. The lowest BCUT2D eigenvalue weighted by molar-refractivity contribution is 0.694. The summed E-state index contributed by atoms with van der Waals surface area (Å²) in [7, 11) is 3.99. The van der Waals surface area contributed by atoms with E-state index >= 15 is 0 Å². The summed E-state index contributed by atoms with van der Waals surface area (Å²) in [6.07, 6.45) is 2.82. The molecule has 3 heteroatoms. The number of hydrogen-bond donors (Lipinski definition) is 1. The van der Waals surface area contributed by atoms with Crippen molar-refractivity contribution in [2.75, 3.05) is 19.0 Å². The minimum atomic E-state index is 0.109. The zero-order valence-electron chi connectivity index (χ0n) is 9.41. The van der Waals surface area contributed by atoms with Crippen LogP contribution >= 0.6 is 0 Å². The first-order chi connectivity index (χ1) is 6.56. The first kappa shape index (κ1) is 11.0. The van der Waals surface area contributed by atoms with E-state index in [1.165, 1.54) is 5.56 Å². The predicted octanol–water partition coefficient (Wildman–Crippen LogP) is 1.87. The van der Waals surface area contributed by atoms with E-state index in [9.17, 15) is 0 Å². The van der Waals surface area contributed by atoms with Crippen LogP contribution in [0.15, 0.2) is 12.3 Å². The predicted molar refractivity (Wildman–Crippen MR) is 60.5 cm³/mol.